The Morgan fingerprint density at radius 2 is 0.735 bits per heavy atom. The van der Waals surface area contributed by atoms with Crippen molar-refractivity contribution in [1.82, 2.24) is 0 Å². The molecule has 0 atom stereocenters. The molecule has 0 amide bonds. The van der Waals surface area contributed by atoms with Gasteiger partial charge in [0.2, 0.25) is 0 Å². The molecule has 0 bridgehead atoms. The lowest BCUT2D eigenvalue weighted by molar-refractivity contribution is 1.14. The zero-order valence-electron chi connectivity index (χ0n) is 27.3. The second-order valence-electron chi connectivity index (χ2n) is 12.9. The number of anilines is 3. The van der Waals surface area contributed by atoms with Gasteiger partial charge in [-0.05, 0) is 116 Å². The number of fused-ring (bicyclic) bond motifs is 7. The molecule has 0 radical (unpaired) electrons. The van der Waals surface area contributed by atoms with Gasteiger partial charge in [0.05, 0.1) is 0 Å². The molecule has 0 spiro atoms. The van der Waals surface area contributed by atoms with Gasteiger partial charge in [0.1, 0.15) is 0 Å². The quantitative estimate of drug-likeness (QED) is 0.188. The number of hydrogen-bond donors (Lipinski definition) is 0. The van der Waals surface area contributed by atoms with E-state index in [2.05, 4.69) is 193 Å². The van der Waals surface area contributed by atoms with Crippen LogP contribution < -0.4 is 4.90 Å². The highest BCUT2D eigenvalue weighted by atomic mass is 15.1. The predicted octanol–water partition coefficient (Wildman–Crippen LogP) is 12.8. The zero-order chi connectivity index (χ0) is 32.6. The fourth-order valence-electron chi connectivity index (χ4n) is 7.55. The molecule has 49 heavy (non-hydrogen) atoms. The Kier molecular flexibility index (Phi) is 7.37. The Hall–Kier alpha value is -6.18. The molecule has 232 valence electrons. The summed E-state index contributed by atoms with van der Waals surface area (Å²) >= 11 is 0. The van der Waals surface area contributed by atoms with Crippen molar-refractivity contribution >= 4 is 27.8 Å². The highest BCUT2D eigenvalue weighted by Gasteiger charge is 2.20. The number of nitrogens with zero attached hydrogens (tertiary/aromatic N) is 1. The topological polar surface area (TPSA) is 3.24 Å². The summed E-state index contributed by atoms with van der Waals surface area (Å²) in [5.74, 6) is 0. The van der Waals surface area contributed by atoms with Crippen LogP contribution in [0.25, 0.3) is 44.2 Å². The van der Waals surface area contributed by atoms with Crippen molar-refractivity contribution in [2.24, 2.45) is 0 Å². The molecule has 8 aromatic carbocycles. The van der Waals surface area contributed by atoms with Crippen LogP contribution in [-0.4, -0.2) is 0 Å². The molecule has 1 aliphatic carbocycles. The monoisotopic (exact) mass is 625 g/mol. The standard InChI is InChI=1S/C48H35N/c1-2-12-34(13-3-1)36-22-25-42(26-23-36)49(43-27-24-35-14-4-5-15-37(35)32-43)44-28-29-48-41(33-44)31-40-18-8-10-20-46(40)45-19-9-6-16-38(45)30-39-17-7-11-21-47(39)48/h1-29,32-33H,30-31H2. The van der Waals surface area contributed by atoms with Crippen LogP contribution in [0.1, 0.15) is 22.3 Å². The molecule has 0 saturated heterocycles. The predicted molar refractivity (Wildman–Crippen MR) is 207 cm³/mol. The first-order valence-corrected chi connectivity index (χ1v) is 17.1. The van der Waals surface area contributed by atoms with Gasteiger partial charge in [-0.25, -0.2) is 0 Å². The van der Waals surface area contributed by atoms with Crippen molar-refractivity contribution < 1.29 is 0 Å². The van der Waals surface area contributed by atoms with Gasteiger partial charge in [0.15, 0.2) is 0 Å². The summed E-state index contributed by atoms with van der Waals surface area (Å²) in [4.78, 5) is 2.41. The molecule has 0 unspecified atom stereocenters. The smallest absolute Gasteiger partial charge is 0.0468 e. The first-order valence-electron chi connectivity index (χ1n) is 17.1. The van der Waals surface area contributed by atoms with Crippen LogP contribution in [-0.2, 0) is 12.8 Å². The van der Waals surface area contributed by atoms with Crippen molar-refractivity contribution in [3.63, 3.8) is 0 Å². The summed E-state index contributed by atoms with van der Waals surface area (Å²) in [6, 6.07) is 68.9. The molecule has 0 fully saturated rings. The lowest BCUT2D eigenvalue weighted by atomic mass is 9.84. The lowest BCUT2D eigenvalue weighted by Gasteiger charge is -2.28. The van der Waals surface area contributed by atoms with Gasteiger partial charge >= 0.3 is 0 Å². The summed E-state index contributed by atoms with van der Waals surface area (Å²) in [7, 11) is 0. The van der Waals surface area contributed by atoms with Gasteiger partial charge in [-0.2, -0.15) is 0 Å². The van der Waals surface area contributed by atoms with Crippen LogP contribution in [0, 0.1) is 0 Å². The molecule has 0 aromatic heterocycles. The Bertz CT molecular complexity index is 2440. The molecular weight excluding hydrogens is 591 g/mol. The summed E-state index contributed by atoms with van der Waals surface area (Å²) in [5.41, 5.74) is 16.5. The highest BCUT2D eigenvalue weighted by Crippen LogP contribution is 2.42. The van der Waals surface area contributed by atoms with E-state index in [4.69, 9.17) is 0 Å². The van der Waals surface area contributed by atoms with Crippen molar-refractivity contribution in [1.29, 1.82) is 0 Å². The van der Waals surface area contributed by atoms with Crippen LogP contribution in [0.15, 0.2) is 188 Å². The molecule has 0 saturated carbocycles. The number of hydrogen-bond acceptors (Lipinski definition) is 1. The van der Waals surface area contributed by atoms with Crippen LogP contribution in [0.4, 0.5) is 17.1 Å². The molecule has 1 aliphatic rings. The normalized spacial score (nSPS) is 11.9. The van der Waals surface area contributed by atoms with Crippen LogP contribution >= 0.6 is 0 Å². The molecule has 9 rings (SSSR count). The first-order chi connectivity index (χ1) is 24.3. The first kappa shape index (κ1) is 29.0. The van der Waals surface area contributed by atoms with Crippen molar-refractivity contribution in [3.8, 4) is 33.4 Å². The second-order valence-corrected chi connectivity index (χ2v) is 12.9. The van der Waals surface area contributed by atoms with Crippen LogP contribution in [0.3, 0.4) is 0 Å². The number of benzene rings is 8. The van der Waals surface area contributed by atoms with Gasteiger partial charge in [-0.15, -0.1) is 0 Å². The number of rotatable bonds is 4. The van der Waals surface area contributed by atoms with E-state index in [9.17, 15) is 0 Å². The van der Waals surface area contributed by atoms with Gasteiger partial charge in [-0.3, -0.25) is 0 Å². The molecular formula is C48H35N. The maximum atomic E-state index is 2.43. The van der Waals surface area contributed by atoms with E-state index in [0.29, 0.717) is 0 Å². The Morgan fingerprint density at radius 1 is 0.286 bits per heavy atom. The Labute approximate surface area is 288 Å². The molecule has 0 N–H and O–H groups in total. The van der Waals surface area contributed by atoms with E-state index in [0.717, 1.165) is 29.9 Å². The van der Waals surface area contributed by atoms with E-state index in [1.807, 2.05) is 0 Å². The summed E-state index contributed by atoms with van der Waals surface area (Å²) < 4.78 is 0. The lowest BCUT2D eigenvalue weighted by Crippen LogP contribution is -2.11. The fraction of sp³-hybridized carbons (Fsp3) is 0.0417. The fourth-order valence-corrected chi connectivity index (χ4v) is 7.55. The van der Waals surface area contributed by atoms with E-state index in [1.54, 1.807) is 0 Å². The van der Waals surface area contributed by atoms with Crippen LogP contribution in [0.2, 0.25) is 0 Å². The Balaban J connectivity index is 1.23. The van der Waals surface area contributed by atoms with Gasteiger partial charge in [-0.1, -0.05) is 152 Å². The average molecular weight is 626 g/mol. The minimum Gasteiger partial charge on any atom is -0.310 e. The van der Waals surface area contributed by atoms with Crippen molar-refractivity contribution in [3.05, 3.63) is 210 Å². The Morgan fingerprint density at radius 3 is 1.39 bits per heavy atom. The molecule has 8 aromatic rings. The minimum atomic E-state index is 0.834. The minimum absolute atomic E-state index is 0.834. The largest absolute Gasteiger partial charge is 0.310 e. The van der Waals surface area contributed by atoms with Gasteiger partial charge < -0.3 is 4.90 Å². The van der Waals surface area contributed by atoms with E-state index in [-0.39, 0.29) is 0 Å². The maximum Gasteiger partial charge on any atom is 0.0468 e. The molecule has 1 nitrogen and oxygen atoms in total. The van der Waals surface area contributed by atoms with Gasteiger partial charge in [0, 0.05) is 17.1 Å². The summed E-state index contributed by atoms with van der Waals surface area (Å²) in [6.45, 7) is 0. The summed E-state index contributed by atoms with van der Waals surface area (Å²) in [5, 5.41) is 2.47. The summed E-state index contributed by atoms with van der Waals surface area (Å²) in [6.07, 6.45) is 1.72. The molecule has 1 heteroatoms. The van der Waals surface area contributed by atoms with Crippen molar-refractivity contribution in [2.75, 3.05) is 4.90 Å². The van der Waals surface area contributed by atoms with Crippen molar-refractivity contribution in [2.45, 2.75) is 12.8 Å². The van der Waals surface area contributed by atoms with E-state index >= 15 is 0 Å². The van der Waals surface area contributed by atoms with E-state index < -0.39 is 0 Å². The van der Waals surface area contributed by atoms with E-state index in [1.165, 1.54) is 66.4 Å². The average Bonchev–Trinajstić information content (AvgIpc) is 3.16. The highest BCUT2D eigenvalue weighted by molar-refractivity contribution is 5.90. The van der Waals surface area contributed by atoms with Gasteiger partial charge in [0.25, 0.3) is 0 Å². The second kappa shape index (κ2) is 12.4. The van der Waals surface area contributed by atoms with Crippen LogP contribution in [0.5, 0.6) is 0 Å². The molecule has 0 heterocycles. The SMILES string of the molecule is c1ccc(-c2ccc(N(c3ccc4c(c3)Cc3ccccc3-c3ccccc3Cc3ccccc3-4)c3ccc4ccccc4c3)cc2)cc1. The molecule has 0 aliphatic heterocycles. The third-order valence-corrected chi connectivity index (χ3v) is 9.97. The third kappa shape index (κ3) is 5.50. The zero-order valence-corrected chi connectivity index (χ0v) is 27.3. The third-order valence-electron chi connectivity index (χ3n) is 9.97. The maximum absolute atomic E-state index is 2.43.